The van der Waals surface area contributed by atoms with E-state index in [2.05, 4.69) is 41.3 Å². The summed E-state index contributed by atoms with van der Waals surface area (Å²) < 4.78 is 0. The molecular formula is C16H21IN4. The number of aryl methyl sites for hydroxylation is 2. The van der Waals surface area contributed by atoms with Crippen LogP contribution in [0.1, 0.15) is 16.7 Å². The fourth-order valence-electron chi connectivity index (χ4n) is 1.86. The van der Waals surface area contributed by atoms with Gasteiger partial charge in [0.2, 0.25) is 0 Å². The quantitative estimate of drug-likeness (QED) is 0.474. The van der Waals surface area contributed by atoms with Gasteiger partial charge in [0.05, 0.1) is 0 Å². The molecule has 0 fully saturated rings. The topological polar surface area (TPSA) is 63.3 Å². The number of hydrogen-bond donors (Lipinski definition) is 2. The van der Waals surface area contributed by atoms with Crippen molar-refractivity contribution >= 4 is 35.6 Å². The molecule has 0 radical (unpaired) electrons. The number of aromatic nitrogens is 1. The van der Waals surface area contributed by atoms with Crippen LogP contribution in [0.2, 0.25) is 0 Å². The van der Waals surface area contributed by atoms with E-state index in [0.29, 0.717) is 12.5 Å². The highest BCUT2D eigenvalue weighted by Gasteiger charge is 1.98. The van der Waals surface area contributed by atoms with E-state index >= 15 is 0 Å². The normalized spacial score (nSPS) is 10.9. The fraction of sp³-hybridized carbons (Fsp3) is 0.250. The lowest BCUT2D eigenvalue weighted by molar-refractivity contribution is 0.955. The molecule has 21 heavy (non-hydrogen) atoms. The molecule has 2 rings (SSSR count). The third kappa shape index (κ3) is 5.71. The molecule has 2 aromatic rings. The summed E-state index contributed by atoms with van der Waals surface area (Å²) in [5, 5.41) is 3.11. The van der Waals surface area contributed by atoms with Crippen molar-refractivity contribution in [2.45, 2.75) is 20.3 Å². The third-order valence-electron chi connectivity index (χ3n) is 3.18. The molecule has 5 heteroatoms. The van der Waals surface area contributed by atoms with Crippen LogP contribution >= 0.6 is 24.0 Å². The minimum absolute atomic E-state index is 0. The number of pyridine rings is 1. The summed E-state index contributed by atoms with van der Waals surface area (Å²) in [6.07, 6.45) is 4.45. The molecule has 112 valence electrons. The van der Waals surface area contributed by atoms with Crippen molar-refractivity contribution in [2.75, 3.05) is 11.9 Å². The number of nitrogens with two attached hydrogens (primary N) is 1. The molecule has 0 unspecified atom stereocenters. The van der Waals surface area contributed by atoms with Crippen LogP contribution in [0.25, 0.3) is 0 Å². The molecule has 0 atom stereocenters. The Morgan fingerprint density at radius 2 is 2.05 bits per heavy atom. The molecule has 0 saturated heterocycles. The van der Waals surface area contributed by atoms with E-state index < -0.39 is 0 Å². The monoisotopic (exact) mass is 396 g/mol. The zero-order valence-electron chi connectivity index (χ0n) is 12.3. The van der Waals surface area contributed by atoms with Crippen molar-refractivity contribution in [3.05, 3.63) is 59.4 Å². The van der Waals surface area contributed by atoms with Crippen LogP contribution in [-0.2, 0) is 6.42 Å². The predicted molar refractivity (Wildman–Crippen MR) is 99.4 cm³/mol. The summed E-state index contributed by atoms with van der Waals surface area (Å²) in [4.78, 5) is 8.40. The van der Waals surface area contributed by atoms with Crippen molar-refractivity contribution in [1.82, 2.24) is 4.98 Å². The van der Waals surface area contributed by atoms with Crippen molar-refractivity contribution in [2.24, 2.45) is 10.7 Å². The molecule has 1 aromatic carbocycles. The average Bonchev–Trinajstić information content (AvgIpc) is 2.44. The molecule has 0 spiro atoms. The van der Waals surface area contributed by atoms with Crippen LogP contribution in [0, 0.1) is 13.8 Å². The Hall–Kier alpha value is -1.63. The second-order valence-corrected chi connectivity index (χ2v) is 4.80. The first kappa shape index (κ1) is 17.4. The van der Waals surface area contributed by atoms with Crippen molar-refractivity contribution < 1.29 is 0 Å². The lowest BCUT2D eigenvalue weighted by atomic mass is 10.1. The fourth-order valence-corrected chi connectivity index (χ4v) is 1.86. The summed E-state index contributed by atoms with van der Waals surface area (Å²) in [6.45, 7) is 4.82. The highest BCUT2D eigenvalue weighted by atomic mass is 127. The van der Waals surface area contributed by atoms with Crippen molar-refractivity contribution in [1.29, 1.82) is 0 Å². The molecule has 4 nitrogen and oxygen atoms in total. The molecule has 0 bridgehead atoms. The highest BCUT2D eigenvalue weighted by Crippen LogP contribution is 2.13. The SMILES string of the molecule is Cc1ccc(NC(N)=NCCc2cccnc2)cc1C.I. The van der Waals surface area contributed by atoms with Crippen LogP contribution in [0.4, 0.5) is 5.69 Å². The minimum atomic E-state index is 0. The van der Waals surface area contributed by atoms with Gasteiger partial charge in [0.1, 0.15) is 0 Å². The second kappa shape index (κ2) is 8.61. The minimum Gasteiger partial charge on any atom is -0.370 e. The summed E-state index contributed by atoms with van der Waals surface area (Å²) >= 11 is 0. The Morgan fingerprint density at radius 1 is 1.24 bits per heavy atom. The van der Waals surface area contributed by atoms with Crippen LogP contribution in [-0.4, -0.2) is 17.5 Å². The molecule has 1 heterocycles. The van der Waals surface area contributed by atoms with E-state index in [1.165, 1.54) is 11.1 Å². The number of nitrogens with zero attached hydrogens (tertiary/aromatic N) is 2. The largest absolute Gasteiger partial charge is 0.370 e. The van der Waals surface area contributed by atoms with E-state index in [9.17, 15) is 0 Å². The Bertz CT molecular complexity index is 596. The zero-order chi connectivity index (χ0) is 14.4. The Kier molecular flexibility index (Phi) is 7.14. The maximum Gasteiger partial charge on any atom is 0.193 e. The zero-order valence-corrected chi connectivity index (χ0v) is 14.7. The van der Waals surface area contributed by atoms with Gasteiger partial charge in [-0.15, -0.1) is 24.0 Å². The van der Waals surface area contributed by atoms with Gasteiger partial charge in [-0.3, -0.25) is 9.98 Å². The number of nitrogens with one attached hydrogen (secondary N) is 1. The van der Waals surface area contributed by atoms with Crippen LogP contribution in [0.5, 0.6) is 0 Å². The summed E-state index contributed by atoms with van der Waals surface area (Å²) in [5.41, 5.74) is 10.5. The molecule has 0 aliphatic heterocycles. The molecular weight excluding hydrogens is 375 g/mol. The third-order valence-corrected chi connectivity index (χ3v) is 3.18. The maximum absolute atomic E-state index is 5.88. The lowest BCUT2D eigenvalue weighted by Crippen LogP contribution is -2.23. The van der Waals surface area contributed by atoms with Crippen molar-refractivity contribution in [3.8, 4) is 0 Å². The number of anilines is 1. The molecule has 1 aromatic heterocycles. The maximum atomic E-state index is 5.88. The van der Waals surface area contributed by atoms with Gasteiger partial charge in [0.25, 0.3) is 0 Å². The van der Waals surface area contributed by atoms with Crippen LogP contribution < -0.4 is 11.1 Å². The molecule has 0 aliphatic carbocycles. The second-order valence-electron chi connectivity index (χ2n) is 4.80. The van der Waals surface area contributed by atoms with Gasteiger partial charge in [0.15, 0.2) is 5.96 Å². The summed E-state index contributed by atoms with van der Waals surface area (Å²) in [5.74, 6) is 0.442. The molecule has 3 N–H and O–H groups in total. The van der Waals surface area contributed by atoms with E-state index in [4.69, 9.17) is 5.73 Å². The van der Waals surface area contributed by atoms with Gasteiger partial charge in [-0.2, -0.15) is 0 Å². The number of aliphatic imine (C=N–C) groups is 1. The number of rotatable bonds is 4. The summed E-state index contributed by atoms with van der Waals surface area (Å²) in [7, 11) is 0. The average molecular weight is 396 g/mol. The molecule has 0 amide bonds. The number of hydrogen-bond acceptors (Lipinski definition) is 2. The Morgan fingerprint density at radius 3 is 2.71 bits per heavy atom. The van der Waals surface area contributed by atoms with Gasteiger partial charge < -0.3 is 11.1 Å². The first-order valence-corrected chi connectivity index (χ1v) is 6.68. The van der Waals surface area contributed by atoms with Gasteiger partial charge >= 0.3 is 0 Å². The number of guanidine groups is 1. The molecule has 0 saturated carbocycles. The van der Waals surface area contributed by atoms with Gasteiger partial charge in [-0.1, -0.05) is 12.1 Å². The van der Waals surface area contributed by atoms with Gasteiger partial charge in [-0.05, 0) is 55.2 Å². The standard InChI is InChI=1S/C16H20N4.HI/c1-12-5-6-15(10-13(12)2)20-16(17)19-9-7-14-4-3-8-18-11-14;/h3-6,8,10-11H,7,9H2,1-2H3,(H3,17,19,20);1H. The van der Waals surface area contributed by atoms with Crippen molar-refractivity contribution in [3.63, 3.8) is 0 Å². The van der Waals surface area contributed by atoms with E-state index in [1.807, 2.05) is 24.4 Å². The Balaban J connectivity index is 0.00000220. The first-order valence-electron chi connectivity index (χ1n) is 6.68. The van der Waals surface area contributed by atoms with Crippen LogP contribution in [0.15, 0.2) is 47.7 Å². The van der Waals surface area contributed by atoms with Crippen LogP contribution in [0.3, 0.4) is 0 Å². The first-order chi connectivity index (χ1) is 9.65. The van der Waals surface area contributed by atoms with E-state index in [1.54, 1.807) is 6.20 Å². The smallest absolute Gasteiger partial charge is 0.193 e. The van der Waals surface area contributed by atoms with Gasteiger partial charge in [0, 0.05) is 24.6 Å². The van der Waals surface area contributed by atoms with Gasteiger partial charge in [-0.25, -0.2) is 0 Å². The van der Waals surface area contributed by atoms with E-state index in [-0.39, 0.29) is 24.0 Å². The summed E-state index contributed by atoms with van der Waals surface area (Å²) in [6, 6.07) is 10.1. The predicted octanol–water partition coefficient (Wildman–Crippen LogP) is 3.29. The lowest BCUT2D eigenvalue weighted by Gasteiger charge is -2.08. The molecule has 0 aliphatic rings. The Labute approximate surface area is 142 Å². The highest BCUT2D eigenvalue weighted by molar-refractivity contribution is 14.0. The number of benzene rings is 1. The number of halogens is 1. The van der Waals surface area contributed by atoms with E-state index in [0.717, 1.165) is 17.7 Å².